The zero-order chi connectivity index (χ0) is 17.6. The Labute approximate surface area is 151 Å². The van der Waals surface area contributed by atoms with Crippen molar-refractivity contribution in [1.82, 2.24) is 15.1 Å². The molecule has 0 aromatic rings. The number of nitrogens with one attached hydrogen (secondary N) is 1. The summed E-state index contributed by atoms with van der Waals surface area (Å²) in [6, 6.07) is 0. The van der Waals surface area contributed by atoms with E-state index in [9.17, 15) is 9.59 Å². The average molecular weight is 351 g/mol. The number of amides is 2. The molecule has 3 aliphatic heterocycles. The van der Waals surface area contributed by atoms with E-state index in [4.69, 9.17) is 4.74 Å². The molecule has 0 spiro atoms. The maximum absolute atomic E-state index is 12.8. The van der Waals surface area contributed by atoms with Gasteiger partial charge < -0.3 is 19.9 Å². The number of morpholine rings is 1. The number of hydrogen-bond acceptors (Lipinski definition) is 4. The van der Waals surface area contributed by atoms with E-state index < -0.39 is 0 Å². The summed E-state index contributed by atoms with van der Waals surface area (Å²) in [6.45, 7) is 8.40. The minimum absolute atomic E-state index is 0.0255. The summed E-state index contributed by atoms with van der Waals surface area (Å²) in [5.74, 6) is 1.44. The van der Waals surface area contributed by atoms with Crippen LogP contribution in [0.1, 0.15) is 39.0 Å². The van der Waals surface area contributed by atoms with Gasteiger partial charge in [-0.05, 0) is 50.6 Å². The van der Waals surface area contributed by atoms with E-state index in [-0.39, 0.29) is 17.7 Å². The zero-order valence-electron chi connectivity index (χ0n) is 15.5. The van der Waals surface area contributed by atoms with Crippen molar-refractivity contribution < 1.29 is 14.3 Å². The first-order valence-electron chi connectivity index (χ1n) is 10.00. The highest BCUT2D eigenvalue weighted by Crippen LogP contribution is 2.25. The van der Waals surface area contributed by atoms with E-state index in [0.29, 0.717) is 51.1 Å². The van der Waals surface area contributed by atoms with Gasteiger partial charge in [0.25, 0.3) is 0 Å². The molecule has 0 bridgehead atoms. The van der Waals surface area contributed by atoms with Crippen molar-refractivity contribution in [2.75, 3.05) is 52.5 Å². The zero-order valence-corrected chi connectivity index (χ0v) is 15.5. The molecule has 0 radical (unpaired) electrons. The molecule has 0 aliphatic carbocycles. The molecule has 3 saturated heterocycles. The van der Waals surface area contributed by atoms with Crippen LogP contribution in [-0.4, -0.2) is 74.1 Å². The van der Waals surface area contributed by atoms with Crippen molar-refractivity contribution in [3.63, 3.8) is 0 Å². The van der Waals surface area contributed by atoms with E-state index in [2.05, 4.69) is 12.2 Å². The van der Waals surface area contributed by atoms with Gasteiger partial charge in [0.2, 0.25) is 11.8 Å². The molecule has 3 unspecified atom stereocenters. The van der Waals surface area contributed by atoms with Crippen LogP contribution in [0.5, 0.6) is 0 Å². The summed E-state index contributed by atoms with van der Waals surface area (Å²) in [5.41, 5.74) is 0. The summed E-state index contributed by atoms with van der Waals surface area (Å²) in [5, 5.41) is 3.44. The lowest BCUT2D eigenvalue weighted by molar-refractivity contribution is -0.144. The van der Waals surface area contributed by atoms with Gasteiger partial charge in [-0.3, -0.25) is 9.59 Å². The average Bonchev–Trinajstić information content (AvgIpc) is 2.68. The number of ether oxygens (including phenoxy) is 1. The Morgan fingerprint density at radius 1 is 1.12 bits per heavy atom. The first-order chi connectivity index (χ1) is 12.1. The fraction of sp³-hybridized carbons (Fsp3) is 0.895. The molecule has 1 N–H and O–H groups in total. The van der Waals surface area contributed by atoms with E-state index >= 15 is 0 Å². The van der Waals surface area contributed by atoms with Gasteiger partial charge in [-0.15, -0.1) is 0 Å². The van der Waals surface area contributed by atoms with Crippen LogP contribution in [0.25, 0.3) is 0 Å². The third-order valence-corrected chi connectivity index (χ3v) is 6.08. The molecule has 0 aromatic carbocycles. The SMILES string of the molecule is CC(CC(=O)N1CCCC(C(=O)N2CCOCC2)C1)C1CCCNC1. The lowest BCUT2D eigenvalue weighted by atomic mass is 9.85. The number of likely N-dealkylation sites (tertiary alicyclic amines) is 1. The van der Waals surface area contributed by atoms with Crippen LogP contribution >= 0.6 is 0 Å². The molecular formula is C19H33N3O3. The number of hydrogen-bond donors (Lipinski definition) is 1. The van der Waals surface area contributed by atoms with E-state index in [1.165, 1.54) is 12.8 Å². The molecule has 0 aromatic heterocycles. The Hall–Kier alpha value is -1.14. The quantitative estimate of drug-likeness (QED) is 0.824. The monoisotopic (exact) mass is 351 g/mol. The highest BCUT2D eigenvalue weighted by atomic mass is 16.5. The summed E-state index contributed by atoms with van der Waals surface area (Å²) >= 11 is 0. The number of rotatable bonds is 4. The Morgan fingerprint density at radius 3 is 2.64 bits per heavy atom. The largest absolute Gasteiger partial charge is 0.378 e. The summed E-state index contributed by atoms with van der Waals surface area (Å²) in [7, 11) is 0. The second-order valence-electron chi connectivity index (χ2n) is 7.90. The molecular weight excluding hydrogens is 318 g/mol. The number of nitrogens with zero attached hydrogens (tertiary/aromatic N) is 2. The number of piperidine rings is 2. The minimum Gasteiger partial charge on any atom is -0.378 e. The first kappa shape index (κ1) is 18.6. The third kappa shape index (κ3) is 4.94. The molecule has 3 aliphatic rings. The van der Waals surface area contributed by atoms with Gasteiger partial charge in [-0.25, -0.2) is 0 Å². The Bertz CT molecular complexity index is 459. The lowest BCUT2D eigenvalue weighted by Crippen LogP contribution is -2.49. The van der Waals surface area contributed by atoms with Gasteiger partial charge in [0.05, 0.1) is 19.1 Å². The predicted octanol–water partition coefficient (Wildman–Crippen LogP) is 1.11. The predicted molar refractivity (Wildman–Crippen MR) is 96.1 cm³/mol. The molecule has 6 heteroatoms. The fourth-order valence-corrected chi connectivity index (χ4v) is 4.38. The third-order valence-electron chi connectivity index (χ3n) is 6.08. The van der Waals surface area contributed by atoms with E-state index in [1.807, 2.05) is 9.80 Å². The van der Waals surface area contributed by atoms with Crippen LogP contribution in [0.15, 0.2) is 0 Å². The van der Waals surface area contributed by atoms with Gasteiger partial charge in [0.15, 0.2) is 0 Å². The Morgan fingerprint density at radius 2 is 1.92 bits per heavy atom. The summed E-state index contributed by atoms with van der Waals surface area (Å²) < 4.78 is 5.33. The number of carbonyl (C=O) groups excluding carboxylic acids is 2. The molecule has 6 nitrogen and oxygen atoms in total. The van der Waals surface area contributed by atoms with Crippen molar-refractivity contribution in [1.29, 1.82) is 0 Å². The summed E-state index contributed by atoms with van der Waals surface area (Å²) in [6.07, 6.45) is 4.89. The fourth-order valence-electron chi connectivity index (χ4n) is 4.38. The van der Waals surface area contributed by atoms with Crippen LogP contribution in [0, 0.1) is 17.8 Å². The van der Waals surface area contributed by atoms with Gasteiger partial charge in [-0.1, -0.05) is 6.92 Å². The maximum atomic E-state index is 12.8. The topological polar surface area (TPSA) is 61.9 Å². The van der Waals surface area contributed by atoms with Crippen LogP contribution in [-0.2, 0) is 14.3 Å². The number of carbonyl (C=O) groups is 2. The second-order valence-corrected chi connectivity index (χ2v) is 7.90. The van der Waals surface area contributed by atoms with Crippen molar-refractivity contribution in [3.8, 4) is 0 Å². The van der Waals surface area contributed by atoms with Crippen LogP contribution < -0.4 is 5.32 Å². The molecule has 3 rings (SSSR count). The highest BCUT2D eigenvalue weighted by molar-refractivity contribution is 5.81. The molecule has 3 heterocycles. The van der Waals surface area contributed by atoms with Crippen molar-refractivity contribution in [2.45, 2.75) is 39.0 Å². The van der Waals surface area contributed by atoms with Gasteiger partial charge in [0, 0.05) is 32.6 Å². The Balaban J connectivity index is 1.49. The molecule has 142 valence electrons. The van der Waals surface area contributed by atoms with E-state index in [1.54, 1.807) is 0 Å². The van der Waals surface area contributed by atoms with Gasteiger partial charge >= 0.3 is 0 Å². The Kier molecular flexibility index (Phi) is 6.70. The standard InChI is InChI=1S/C19H33N3O3/c1-15(16-4-2-6-20-13-16)12-18(23)22-7-3-5-17(14-22)19(24)21-8-10-25-11-9-21/h15-17,20H,2-14H2,1H3. The van der Waals surface area contributed by atoms with Crippen molar-refractivity contribution in [3.05, 3.63) is 0 Å². The van der Waals surface area contributed by atoms with Crippen molar-refractivity contribution >= 4 is 11.8 Å². The van der Waals surface area contributed by atoms with Crippen LogP contribution in [0.3, 0.4) is 0 Å². The highest BCUT2D eigenvalue weighted by Gasteiger charge is 2.32. The molecule has 0 saturated carbocycles. The maximum Gasteiger partial charge on any atom is 0.227 e. The van der Waals surface area contributed by atoms with Gasteiger partial charge in [0.1, 0.15) is 0 Å². The molecule has 3 atom stereocenters. The van der Waals surface area contributed by atoms with Crippen LogP contribution in [0.4, 0.5) is 0 Å². The van der Waals surface area contributed by atoms with E-state index in [0.717, 1.165) is 32.5 Å². The molecule has 25 heavy (non-hydrogen) atoms. The molecule has 2 amide bonds. The minimum atomic E-state index is -0.0255. The van der Waals surface area contributed by atoms with Crippen molar-refractivity contribution in [2.24, 2.45) is 17.8 Å². The smallest absolute Gasteiger partial charge is 0.227 e. The first-order valence-corrected chi connectivity index (χ1v) is 10.00. The van der Waals surface area contributed by atoms with Gasteiger partial charge in [-0.2, -0.15) is 0 Å². The second kappa shape index (κ2) is 8.99. The van der Waals surface area contributed by atoms with Crippen LogP contribution in [0.2, 0.25) is 0 Å². The lowest BCUT2D eigenvalue weighted by Gasteiger charge is -2.37. The normalized spacial score (nSPS) is 29.3. The molecule has 3 fully saturated rings. The summed E-state index contributed by atoms with van der Waals surface area (Å²) in [4.78, 5) is 29.3.